The lowest BCUT2D eigenvalue weighted by molar-refractivity contribution is 0.0527. The van der Waals surface area contributed by atoms with E-state index in [1.807, 2.05) is 12.1 Å². The SMILES string of the molecule is CCOC(=O)c1ccccc1NC1CCS(=O)(=O)CC1. The maximum absolute atomic E-state index is 11.9. The van der Waals surface area contributed by atoms with Crippen molar-refractivity contribution in [3.05, 3.63) is 29.8 Å². The normalized spacial score (nSPS) is 18.4. The number of hydrogen-bond acceptors (Lipinski definition) is 5. The Morgan fingerprint density at radius 1 is 1.30 bits per heavy atom. The van der Waals surface area contributed by atoms with E-state index in [1.165, 1.54) is 0 Å². The van der Waals surface area contributed by atoms with Gasteiger partial charge in [0, 0.05) is 11.7 Å². The van der Waals surface area contributed by atoms with E-state index in [-0.39, 0.29) is 23.5 Å². The molecule has 1 saturated heterocycles. The largest absolute Gasteiger partial charge is 0.462 e. The zero-order valence-corrected chi connectivity index (χ0v) is 12.3. The molecule has 0 unspecified atom stereocenters. The Labute approximate surface area is 119 Å². The van der Waals surface area contributed by atoms with Crippen LogP contribution >= 0.6 is 0 Å². The van der Waals surface area contributed by atoms with Crippen molar-refractivity contribution in [2.75, 3.05) is 23.4 Å². The number of nitrogens with one attached hydrogen (secondary N) is 1. The van der Waals surface area contributed by atoms with Gasteiger partial charge in [0.2, 0.25) is 0 Å². The summed E-state index contributed by atoms with van der Waals surface area (Å²) in [5, 5.41) is 3.26. The molecule has 1 aliphatic heterocycles. The molecule has 1 aromatic carbocycles. The van der Waals surface area contributed by atoms with Crippen LogP contribution < -0.4 is 5.32 Å². The zero-order chi connectivity index (χ0) is 14.6. The minimum absolute atomic E-state index is 0.0779. The van der Waals surface area contributed by atoms with Crippen molar-refractivity contribution in [1.29, 1.82) is 0 Å². The van der Waals surface area contributed by atoms with E-state index in [1.54, 1.807) is 19.1 Å². The molecule has 110 valence electrons. The average Bonchev–Trinajstić information content (AvgIpc) is 2.42. The lowest BCUT2D eigenvalue weighted by Crippen LogP contribution is -2.32. The number of carbonyl (C=O) groups excluding carboxylic acids is 1. The van der Waals surface area contributed by atoms with Gasteiger partial charge in [-0.15, -0.1) is 0 Å². The summed E-state index contributed by atoms with van der Waals surface area (Å²) in [6.45, 7) is 2.09. The number of para-hydroxylation sites is 1. The first-order valence-corrected chi connectivity index (χ1v) is 8.57. The molecule has 0 radical (unpaired) electrons. The Morgan fingerprint density at radius 2 is 1.95 bits per heavy atom. The number of anilines is 1. The maximum atomic E-state index is 11.9. The van der Waals surface area contributed by atoms with Crippen LogP contribution in [-0.4, -0.2) is 38.5 Å². The number of carbonyl (C=O) groups is 1. The van der Waals surface area contributed by atoms with Crippen molar-refractivity contribution < 1.29 is 17.9 Å². The first kappa shape index (κ1) is 14.8. The smallest absolute Gasteiger partial charge is 0.340 e. The number of hydrogen-bond donors (Lipinski definition) is 1. The highest BCUT2D eigenvalue weighted by Crippen LogP contribution is 2.21. The summed E-state index contributed by atoms with van der Waals surface area (Å²) < 4.78 is 27.8. The molecule has 0 atom stereocenters. The van der Waals surface area contributed by atoms with Gasteiger partial charge in [-0.25, -0.2) is 13.2 Å². The Kier molecular flexibility index (Phi) is 4.65. The number of rotatable bonds is 4. The molecule has 0 spiro atoms. The molecule has 1 aliphatic rings. The number of esters is 1. The van der Waals surface area contributed by atoms with Crippen LogP contribution in [0, 0.1) is 0 Å². The third-order valence-corrected chi connectivity index (χ3v) is 5.05. The molecule has 1 fully saturated rings. The van der Waals surface area contributed by atoms with Gasteiger partial charge in [0.25, 0.3) is 0 Å². The van der Waals surface area contributed by atoms with Crippen LogP contribution in [0.5, 0.6) is 0 Å². The van der Waals surface area contributed by atoms with Gasteiger partial charge in [0.15, 0.2) is 0 Å². The van der Waals surface area contributed by atoms with Crippen molar-refractivity contribution in [3.8, 4) is 0 Å². The Balaban J connectivity index is 2.08. The minimum Gasteiger partial charge on any atom is -0.462 e. The molecule has 0 aliphatic carbocycles. The lowest BCUT2D eigenvalue weighted by atomic mass is 10.1. The summed E-state index contributed by atoms with van der Waals surface area (Å²) in [6.07, 6.45) is 1.14. The van der Waals surface area contributed by atoms with E-state index >= 15 is 0 Å². The third-order valence-electron chi connectivity index (χ3n) is 3.34. The van der Waals surface area contributed by atoms with E-state index in [4.69, 9.17) is 4.74 Å². The van der Waals surface area contributed by atoms with Crippen LogP contribution in [0.1, 0.15) is 30.1 Å². The maximum Gasteiger partial charge on any atom is 0.340 e. The monoisotopic (exact) mass is 297 g/mol. The van der Waals surface area contributed by atoms with Gasteiger partial charge >= 0.3 is 5.97 Å². The summed E-state index contributed by atoms with van der Waals surface area (Å²) in [7, 11) is -2.87. The molecule has 0 amide bonds. The van der Waals surface area contributed by atoms with E-state index in [0.29, 0.717) is 30.7 Å². The van der Waals surface area contributed by atoms with Crippen LogP contribution in [0.2, 0.25) is 0 Å². The molecule has 1 N–H and O–H groups in total. The van der Waals surface area contributed by atoms with Crippen molar-refractivity contribution in [2.24, 2.45) is 0 Å². The molecule has 1 heterocycles. The van der Waals surface area contributed by atoms with Crippen LogP contribution in [0.3, 0.4) is 0 Å². The second-order valence-electron chi connectivity index (χ2n) is 4.84. The molecule has 6 heteroatoms. The Bertz CT molecular complexity index is 569. The quantitative estimate of drug-likeness (QED) is 0.859. The predicted molar refractivity (Wildman–Crippen MR) is 77.7 cm³/mol. The van der Waals surface area contributed by atoms with E-state index in [0.717, 1.165) is 0 Å². The van der Waals surface area contributed by atoms with Gasteiger partial charge in [0.05, 0.1) is 23.7 Å². The third kappa shape index (κ3) is 3.72. The van der Waals surface area contributed by atoms with Crippen molar-refractivity contribution in [3.63, 3.8) is 0 Å². The summed E-state index contributed by atoms with van der Waals surface area (Å²) in [5.74, 6) is 0.0393. The van der Waals surface area contributed by atoms with Crippen LogP contribution in [0.4, 0.5) is 5.69 Å². The molecule has 0 aromatic heterocycles. The van der Waals surface area contributed by atoms with Crippen molar-refractivity contribution in [1.82, 2.24) is 0 Å². The van der Waals surface area contributed by atoms with E-state index in [2.05, 4.69) is 5.32 Å². The summed E-state index contributed by atoms with van der Waals surface area (Å²) in [5.41, 5.74) is 1.19. The van der Waals surface area contributed by atoms with Gasteiger partial charge < -0.3 is 10.1 Å². The number of sulfone groups is 1. The average molecular weight is 297 g/mol. The standard InChI is InChI=1S/C14H19NO4S/c1-2-19-14(16)12-5-3-4-6-13(12)15-11-7-9-20(17,18)10-8-11/h3-6,11,15H,2,7-10H2,1H3. The van der Waals surface area contributed by atoms with Gasteiger partial charge in [-0.2, -0.15) is 0 Å². The van der Waals surface area contributed by atoms with Crippen LogP contribution in [0.25, 0.3) is 0 Å². The molecule has 0 bridgehead atoms. The van der Waals surface area contributed by atoms with E-state index in [9.17, 15) is 13.2 Å². The van der Waals surface area contributed by atoms with Crippen molar-refractivity contribution in [2.45, 2.75) is 25.8 Å². The fourth-order valence-electron chi connectivity index (χ4n) is 2.25. The minimum atomic E-state index is -2.87. The lowest BCUT2D eigenvalue weighted by Gasteiger charge is -2.25. The fourth-order valence-corrected chi connectivity index (χ4v) is 3.74. The van der Waals surface area contributed by atoms with Crippen molar-refractivity contribution >= 4 is 21.5 Å². The number of ether oxygens (including phenoxy) is 1. The second-order valence-corrected chi connectivity index (χ2v) is 7.14. The van der Waals surface area contributed by atoms with Crippen LogP contribution in [-0.2, 0) is 14.6 Å². The Morgan fingerprint density at radius 3 is 2.60 bits per heavy atom. The topological polar surface area (TPSA) is 72.5 Å². The predicted octanol–water partition coefficient (Wildman–Crippen LogP) is 1.85. The first-order valence-electron chi connectivity index (χ1n) is 6.75. The van der Waals surface area contributed by atoms with Gasteiger partial charge in [0.1, 0.15) is 9.84 Å². The second kappa shape index (κ2) is 6.26. The zero-order valence-electron chi connectivity index (χ0n) is 11.5. The summed E-state index contributed by atoms with van der Waals surface area (Å²) >= 11 is 0. The molecule has 1 aromatic rings. The molecule has 2 rings (SSSR count). The van der Waals surface area contributed by atoms with E-state index < -0.39 is 9.84 Å². The number of benzene rings is 1. The van der Waals surface area contributed by atoms with Gasteiger partial charge in [-0.1, -0.05) is 12.1 Å². The molecule has 5 nitrogen and oxygen atoms in total. The van der Waals surface area contributed by atoms with Gasteiger partial charge in [-0.05, 0) is 31.9 Å². The first-order chi connectivity index (χ1) is 9.52. The fraction of sp³-hybridized carbons (Fsp3) is 0.500. The highest BCUT2D eigenvalue weighted by Gasteiger charge is 2.24. The molecular weight excluding hydrogens is 278 g/mol. The molecular formula is C14H19NO4S. The Hall–Kier alpha value is -1.56. The summed E-state index contributed by atoms with van der Waals surface area (Å²) in [4.78, 5) is 11.9. The highest BCUT2D eigenvalue weighted by atomic mass is 32.2. The molecule has 20 heavy (non-hydrogen) atoms. The highest BCUT2D eigenvalue weighted by molar-refractivity contribution is 7.91. The van der Waals surface area contributed by atoms with Gasteiger partial charge in [-0.3, -0.25) is 0 Å². The summed E-state index contributed by atoms with van der Waals surface area (Å²) in [6, 6.07) is 7.22. The molecule has 0 saturated carbocycles. The van der Waals surface area contributed by atoms with Crippen LogP contribution in [0.15, 0.2) is 24.3 Å².